The maximum Gasteiger partial charge on any atom is 0.251 e. The number of amides is 1. The summed E-state index contributed by atoms with van der Waals surface area (Å²) in [5, 5.41) is 2.96. The average molecular weight is 467 g/mol. The van der Waals surface area contributed by atoms with E-state index >= 15 is 0 Å². The van der Waals surface area contributed by atoms with Crippen LogP contribution < -0.4 is 15.8 Å². The van der Waals surface area contributed by atoms with E-state index in [1.54, 1.807) is 6.20 Å². The molecule has 0 aliphatic rings. The van der Waals surface area contributed by atoms with Crippen molar-refractivity contribution >= 4 is 11.7 Å². The summed E-state index contributed by atoms with van der Waals surface area (Å²) in [7, 11) is 3.95. The molecule has 0 saturated carbocycles. The van der Waals surface area contributed by atoms with E-state index in [9.17, 15) is 4.79 Å². The van der Waals surface area contributed by atoms with Crippen molar-refractivity contribution in [1.82, 2.24) is 15.2 Å². The second-order valence-electron chi connectivity index (χ2n) is 8.57. The highest BCUT2D eigenvalue weighted by atomic mass is 16.5. The summed E-state index contributed by atoms with van der Waals surface area (Å²) in [6.45, 7) is 1.82. The van der Waals surface area contributed by atoms with Crippen LogP contribution in [-0.2, 0) is 6.61 Å². The minimum atomic E-state index is -0.100. The van der Waals surface area contributed by atoms with Gasteiger partial charge in [-0.05, 0) is 49.5 Å². The van der Waals surface area contributed by atoms with Crippen molar-refractivity contribution in [2.75, 3.05) is 32.9 Å². The summed E-state index contributed by atoms with van der Waals surface area (Å²) in [4.78, 5) is 19.1. The van der Waals surface area contributed by atoms with Crippen LogP contribution in [-0.4, -0.2) is 43.0 Å². The lowest BCUT2D eigenvalue weighted by atomic mass is 9.99. The molecule has 178 valence electrons. The number of nitrogens with two attached hydrogens (primary N) is 1. The predicted octanol–water partition coefficient (Wildman–Crippen LogP) is 4.87. The molecule has 1 amide bonds. The maximum absolute atomic E-state index is 12.6. The van der Waals surface area contributed by atoms with Crippen molar-refractivity contribution in [3.8, 4) is 28.0 Å². The van der Waals surface area contributed by atoms with Gasteiger partial charge in [-0.3, -0.25) is 4.79 Å². The number of anilines is 1. The van der Waals surface area contributed by atoms with Crippen LogP contribution in [0, 0.1) is 0 Å². The Hall–Kier alpha value is -4.16. The van der Waals surface area contributed by atoms with Gasteiger partial charge in [0.15, 0.2) is 0 Å². The monoisotopic (exact) mass is 466 g/mol. The summed E-state index contributed by atoms with van der Waals surface area (Å²) in [6, 6.07) is 27.4. The highest BCUT2D eigenvalue weighted by molar-refractivity contribution is 5.95. The fourth-order valence-electron chi connectivity index (χ4n) is 3.73. The molecule has 1 heterocycles. The number of hydrogen-bond donors (Lipinski definition) is 2. The van der Waals surface area contributed by atoms with Crippen LogP contribution in [0.4, 0.5) is 5.82 Å². The van der Waals surface area contributed by atoms with E-state index in [-0.39, 0.29) is 5.91 Å². The molecule has 0 radical (unpaired) electrons. The van der Waals surface area contributed by atoms with Gasteiger partial charge in [-0.2, -0.15) is 0 Å². The molecule has 0 unspecified atom stereocenters. The maximum atomic E-state index is 12.6. The number of likely N-dealkylation sites (N-methyl/N-ethyl adjacent to an activating group) is 1. The van der Waals surface area contributed by atoms with Crippen LogP contribution in [0.1, 0.15) is 15.9 Å². The molecule has 6 heteroatoms. The van der Waals surface area contributed by atoms with E-state index in [1.807, 2.05) is 104 Å². The van der Waals surface area contributed by atoms with E-state index < -0.39 is 0 Å². The molecule has 6 nitrogen and oxygen atoms in total. The quantitative estimate of drug-likeness (QED) is 0.368. The third-order valence-electron chi connectivity index (χ3n) is 5.64. The number of nitrogen functional groups attached to an aromatic ring is 1. The number of carbonyl (C=O) groups excluding carboxylic acids is 1. The number of ether oxygens (including phenoxy) is 1. The lowest BCUT2D eigenvalue weighted by molar-refractivity contribution is 0.0951. The summed E-state index contributed by atoms with van der Waals surface area (Å²) < 4.78 is 6.14. The Morgan fingerprint density at radius 3 is 2.49 bits per heavy atom. The molecule has 0 spiro atoms. The number of nitrogens with one attached hydrogen (secondary N) is 1. The van der Waals surface area contributed by atoms with Crippen molar-refractivity contribution in [2.24, 2.45) is 0 Å². The first-order valence-corrected chi connectivity index (χ1v) is 11.6. The lowest BCUT2D eigenvalue weighted by Crippen LogP contribution is -2.31. The molecule has 4 aromatic rings. The van der Waals surface area contributed by atoms with E-state index in [1.165, 1.54) is 0 Å². The number of hydrogen-bond acceptors (Lipinski definition) is 5. The van der Waals surface area contributed by atoms with Gasteiger partial charge < -0.3 is 20.7 Å². The van der Waals surface area contributed by atoms with Gasteiger partial charge >= 0.3 is 0 Å². The Morgan fingerprint density at radius 2 is 1.69 bits per heavy atom. The number of aromatic nitrogens is 1. The fraction of sp³-hybridized carbons (Fsp3) is 0.172. The molecule has 3 N–H and O–H groups in total. The van der Waals surface area contributed by atoms with Gasteiger partial charge in [-0.1, -0.05) is 60.7 Å². The molecule has 1 aromatic heterocycles. The molecule has 0 saturated heterocycles. The zero-order chi connectivity index (χ0) is 24.6. The van der Waals surface area contributed by atoms with Gasteiger partial charge in [0.1, 0.15) is 18.2 Å². The molecular weight excluding hydrogens is 436 g/mol. The number of para-hydroxylation sites is 1. The molecule has 0 aliphatic carbocycles. The number of benzene rings is 3. The molecule has 0 bridgehead atoms. The van der Waals surface area contributed by atoms with E-state index in [0.29, 0.717) is 24.5 Å². The molecule has 0 atom stereocenters. The number of rotatable bonds is 9. The standard InChI is InChI=1S/C29H30N4O2/c1-33(2)16-15-31-29(34)23-12-8-11-22(17-23)24-18-26(28(30)32-19-24)25-13-6-7-14-27(25)35-20-21-9-4-3-5-10-21/h3-14,17-19H,15-16,20H2,1-2H3,(H2,30,32)(H,31,34). The van der Waals surface area contributed by atoms with Gasteiger partial charge in [0.05, 0.1) is 0 Å². The Bertz CT molecular complexity index is 1290. The fourth-order valence-corrected chi connectivity index (χ4v) is 3.73. The normalized spacial score (nSPS) is 10.8. The summed E-state index contributed by atoms with van der Waals surface area (Å²) in [5.74, 6) is 1.05. The van der Waals surface area contributed by atoms with Crippen molar-refractivity contribution in [3.63, 3.8) is 0 Å². The van der Waals surface area contributed by atoms with Crippen LogP contribution in [0.5, 0.6) is 5.75 Å². The van der Waals surface area contributed by atoms with Crippen molar-refractivity contribution < 1.29 is 9.53 Å². The summed E-state index contributed by atoms with van der Waals surface area (Å²) in [5.41, 5.74) is 11.4. The second kappa shape index (κ2) is 11.3. The molecule has 3 aromatic carbocycles. The third kappa shape index (κ3) is 6.25. The molecular formula is C29H30N4O2. The van der Waals surface area contributed by atoms with Gasteiger partial charge in [-0.15, -0.1) is 0 Å². The second-order valence-corrected chi connectivity index (χ2v) is 8.57. The lowest BCUT2D eigenvalue weighted by Gasteiger charge is -2.14. The summed E-state index contributed by atoms with van der Waals surface area (Å²) >= 11 is 0. The van der Waals surface area contributed by atoms with E-state index in [2.05, 4.69) is 10.3 Å². The van der Waals surface area contributed by atoms with E-state index in [0.717, 1.165) is 40.1 Å². The molecule has 0 aliphatic heterocycles. The Labute approximate surface area is 206 Å². The van der Waals surface area contributed by atoms with Gasteiger partial charge in [0.25, 0.3) is 5.91 Å². The van der Waals surface area contributed by atoms with Crippen LogP contribution in [0.15, 0.2) is 91.1 Å². The number of nitrogens with zero attached hydrogens (tertiary/aromatic N) is 2. The third-order valence-corrected chi connectivity index (χ3v) is 5.64. The predicted molar refractivity (Wildman–Crippen MR) is 141 cm³/mol. The van der Waals surface area contributed by atoms with Crippen molar-refractivity contribution in [2.45, 2.75) is 6.61 Å². The van der Waals surface area contributed by atoms with Crippen molar-refractivity contribution in [1.29, 1.82) is 0 Å². The zero-order valence-electron chi connectivity index (χ0n) is 20.1. The molecule has 0 fully saturated rings. The first kappa shape index (κ1) is 24.0. The first-order chi connectivity index (χ1) is 17.0. The average Bonchev–Trinajstić information content (AvgIpc) is 2.88. The van der Waals surface area contributed by atoms with Crippen LogP contribution in [0.3, 0.4) is 0 Å². The number of carbonyl (C=O) groups is 1. The first-order valence-electron chi connectivity index (χ1n) is 11.6. The van der Waals surface area contributed by atoms with Gasteiger partial charge in [-0.25, -0.2) is 4.98 Å². The molecule has 35 heavy (non-hydrogen) atoms. The highest BCUT2D eigenvalue weighted by Crippen LogP contribution is 2.36. The minimum absolute atomic E-state index is 0.100. The Balaban J connectivity index is 1.59. The Kier molecular flexibility index (Phi) is 7.75. The summed E-state index contributed by atoms with van der Waals surface area (Å²) in [6.07, 6.45) is 1.73. The van der Waals surface area contributed by atoms with Crippen LogP contribution in [0.25, 0.3) is 22.3 Å². The van der Waals surface area contributed by atoms with Crippen molar-refractivity contribution in [3.05, 3.63) is 102 Å². The minimum Gasteiger partial charge on any atom is -0.488 e. The SMILES string of the molecule is CN(C)CCNC(=O)c1cccc(-c2cnc(N)c(-c3ccccc3OCc3ccccc3)c2)c1. The number of pyridine rings is 1. The van der Waals surface area contributed by atoms with Crippen LogP contribution in [0.2, 0.25) is 0 Å². The smallest absolute Gasteiger partial charge is 0.251 e. The molecule has 4 rings (SSSR count). The zero-order valence-corrected chi connectivity index (χ0v) is 20.1. The van der Waals surface area contributed by atoms with E-state index in [4.69, 9.17) is 10.5 Å². The largest absolute Gasteiger partial charge is 0.488 e. The van der Waals surface area contributed by atoms with Crippen LogP contribution >= 0.6 is 0 Å². The van der Waals surface area contributed by atoms with Gasteiger partial charge in [0.2, 0.25) is 0 Å². The Morgan fingerprint density at radius 1 is 0.914 bits per heavy atom. The topological polar surface area (TPSA) is 80.5 Å². The van der Waals surface area contributed by atoms with Gasteiger partial charge in [0, 0.05) is 41.5 Å². The highest BCUT2D eigenvalue weighted by Gasteiger charge is 2.13.